The van der Waals surface area contributed by atoms with Crippen LogP contribution in [-0.4, -0.2) is 61.4 Å². The summed E-state index contributed by atoms with van der Waals surface area (Å²) in [5.74, 6) is 0.930. The highest BCUT2D eigenvalue weighted by molar-refractivity contribution is 6.03. The van der Waals surface area contributed by atoms with Crippen LogP contribution in [0.3, 0.4) is 0 Å². The standard InChI is InChI=1S/C21H25N3O5/c1-15(25)23(10-12-27-2)14-21(26)24-19(20-5-4-11-29-20)13-18(22-24)16-6-8-17(28-3)9-7-16/h4-9,11,19H,10,12-14H2,1-3H3/t19-/m1/s1. The third-order valence-corrected chi connectivity index (χ3v) is 4.80. The number of methoxy groups -OCH3 is 2. The van der Waals surface area contributed by atoms with E-state index in [2.05, 4.69) is 5.10 Å². The van der Waals surface area contributed by atoms with Gasteiger partial charge in [0.1, 0.15) is 24.1 Å². The Morgan fingerprint density at radius 1 is 1.24 bits per heavy atom. The van der Waals surface area contributed by atoms with Crippen molar-refractivity contribution in [3.05, 3.63) is 54.0 Å². The number of hydrazone groups is 1. The molecule has 0 radical (unpaired) electrons. The summed E-state index contributed by atoms with van der Waals surface area (Å²) < 4.78 is 15.8. The lowest BCUT2D eigenvalue weighted by Crippen LogP contribution is -2.41. The second kappa shape index (κ2) is 9.38. The summed E-state index contributed by atoms with van der Waals surface area (Å²) in [6.07, 6.45) is 2.09. The van der Waals surface area contributed by atoms with Gasteiger partial charge in [0.25, 0.3) is 5.91 Å². The molecule has 0 unspecified atom stereocenters. The predicted molar refractivity (Wildman–Crippen MR) is 107 cm³/mol. The van der Waals surface area contributed by atoms with Gasteiger partial charge in [-0.15, -0.1) is 0 Å². The van der Waals surface area contributed by atoms with Gasteiger partial charge in [-0.2, -0.15) is 5.10 Å². The first-order chi connectivity index (χ1) is 14.0. The van der Waals surface area contributed by atoms with Crippen molar-refractivity contribution in [2.75, 3.05) is 33.9 Å². The quantitative estimate of drug-likeness (QED) is 0.681. The van der Waals surface area contributed by atoms with E-state index in [1.165, 1.54) is 16.8 Å². The Kier molecular flexibility index (Phi) is 6.66. The zero-order valence-electron chi connectivity index (χ0n) is 16.8. The van der Waals surface area contributed by atoms with Gasteiger partial charge < -0.3 is 18.8 Å². The van der Waals surface area contributed by atoms with Gasteiger partial charge in [-0.1, -0.05) is 0 Å². The lowest BCUT2D eigenvalue weighted by Gasteiger charge is -2.25. The van der Waals surface area contributed by atoms with Crippen molar-refractivity contribution in [3.63, 3.8) is 0 Å². The van der Waals surface area contributed by atoms with Crippen molar-refractivity contribution in [2.45, 2.75) is 19.4 Å². The molecular formula is C21H25N3O5. The minimum atomic E-state index is -0.356. The SMILES string of the molecule is COCCN(CC(=O)N1N=C(c2ccc(OC)cc2)C[C@@H]1c1ccco1)C(C)=O. The van der Waals surface area contributed by atoms with Crippen LogP contribution in [0.25, 0.3) is 0 Å². The number of carbonyl (C=O) groups excluding carboxylic acids is 2. The van der Waals surface area contributed by atoms with Gasteiger partial charge >= 0.3 is 0 Å². The highest BCUT2D eigenvalue weighted by Crippen LogP contribution is 2.33. The summed E-state index contributed by atoms with van der Waals surface area (Å²) in [5, 5.41) is 5.99. The number of ether oxygens (including phenoxy) is 2. The fourth-order valence-corrected chi connectivity index (χ4v) is 3.19. The highest BCUT2D eigenvalue weighted by Gasteiger charge is 2.35. The Morgan fingerprint density at radius 2 is 2.00 bits per heavy atom. The van der Waals surface area contributed by atoms with E-state index in [9.17, 15) is 9.59 Å². The third kappa shape index (κ3) is 4.83. The van der Waals surface area contributed by atoms with E-state index in [1.807, 2.05) is 30.3 Å². The fraction of sp³-hybridized carbons (Fsp3) is 0.381. The van der Waals surface area contributed by atoms with Gasteiger partial charge in [-0.3, -0.25) is 9.59 Å². The van der Waals surface area contributed by atoms with Crippen molar-refractivity contribution in [3.8, 4) is 5.75 Å². The molecule has 29 heavy (non-hydrogen) atoms. The maximum atomic E-state index is 13.0. The summed E-state index contributed by atoms with van der Waals surface area (Å²) in [7, 11) is 3.17. The molecule has 1 atom stereocenters. The molecule has 8 heteroatoms. The molecule has 0 saturated heterocycles. The molecule has 2 amide bonds. The van der Waals surface area contributed by atoms with Crippen LogP contribution >= 0.6 is 0 Å². The third-order valence-electron chi connectivity index (χ3n) is 4.80. The average molecular weight is 399 g/mol. The average Bonchev–Trinajstić information content (AvgIpc) is 3.40. The summed E-state index contributed by atoms with van der Waals surface area (Å²) in [6, 6.07) is 10.8. The molecule has 0 fully saturated rings. The maximum absolute atomic E-state index is 13.0. The smallest absolute Gasteiger partial charge is 0.262 e. The van der Waals surface area contributed by atoms with Crippen LogP contribution < -0.4 is 4.74 Å². The first kappa shape index (κ1) is 20.6. The van der Waals surface area contributed by atoms with Crippen molar-refractivity contribution in [2.24, 2.45) is 5.10 Å². The molecule has 1 aliphatic heterocycles. The van der Waals surface area contributed by atoms with Crippen LogP contribution in [0.15, 0.2) is 52.2 Å². The van der Waals surface area contributed by atoms with Crippen LogP contribution in [0, 0.1) is 0 Å². The summed E-state index contributed by atoms with van der Waals surface area (Å²) in [4.78, 5) is 26.4. The van der Waals surface area contributed by atoms with E-state index in [4.69, 9.17) is 13.9 Å². The first-order valence-corrected chi connectivity index (χ1v) is 9.35. The van der Waals surface area contributed by atoms with E-state index in [0.717, 1.165) is 17.0 Å². The summed E-state index contributed by atoms with van der Waals surface area (Å²) in [6.45, 7) is 2.05. The molecule has 0 saturated carbocycles. The number of benzene rings is 1. The molecular weight excluding hydrogens is 374 g/mol. The van der Waals surface area contributed by atoms with Crippen molar-refractivity contribution >= 4 is 17.5 Å². The molecule has 2 aromatic rings. The topological polar surface area (TPSA) is 84.6 Å². The number of amides is 2. The van der Waals surface area contributed by atoms with Crippen molar-refractivity contribution in [1.29, 1.82) is 0 Å². The molecule has 0 aliphatic carbocycles. The molecule has 1 aromatic heterocycles. The van der Waals surface area contributed by atoms with Crippen molar-refractivity contribution < 1.29 is 23.5 Å². The minimum absolute atomic E-state index is 0.0741. The summed E-state index contributed by atoms with van der Waals surface area (Å²) >= 11 is 0. The summed E-state index contributed by atoms with van der Waals surface area (Å²) in [5.41, 5.74) is 1.68. The van der Waals surface area contributed by atoms with Gasteiger partial charge in [0.2, 0.25) is 5.91 Å². The Bertz CT molecular complexity index is 861. The van der Waals surface area contributed by atoms with E-state index < -0.39 is 0 Å². The second-order valence-electron chi connectivity index (χ2n) is 6.68. The van der Waals surface area contributed by atoms with Gasteiger partial charge in [-0.05, 0) is 42.0 Å². The number of rotatable bonds is 8. The number of hydrogen-bond donors (Lipinski definition) is 0. The second-order valence-corrected chi connectivity index (χ2v) is 6.68. The lowest BCUT2D eigenvalue weighted by atomic mass is 10.0. The number of nitrogens with zero attached hydrogens (tertiary/aromatic N) is 3. The van der Waals surface area contributed by atoms with Crippen LogP contribution in [0.1, 0.15) is 30.7 Å². The van der Waals surface area contributed by atoms with Gasteiger partial charge in [0, 0.05) is 27.0 Å². The first-order valence-electron chi connectivity index (χ1n) is 9.35. The van der Waals surface area contributed by atoms with Gasteiger partial charge in [0.15, 0.2) is 0 Å². The van der Waals surface area contributed by atoms with Crippen LogP contribution in [0.2, 0.25) is 0 Å². The molecule has 0 bridgehead atoms. The molecule has 8 nitrogen and oxygen atoms in total. The van der Waals surface area contributed by atoms with Crippen LogP contribution in [0.5, 0.6) is 5.75 Å². The van der Waals surface area contributed by atoms with E-state index in [0.29, 0.717) is 25.3 Å². The number of furan rings is 1. The predicted octanol–water partition coefficient (Wildman–Crippen LogP) is 2.46. The van der Waals surface area contributed by atoms with Crippen molar-refractivity contribution in [1.82, 2.24) is 9.91 Å². The maximum Gasteiger partial charge on any atom is 0.262 e. The van der Waals surface area contributed by atoms with Gasteiger partial charge in [0.05, 0.1) is 25.7 Å². The number of carbonyl (C=O) groups is 2. The Balaban J connectivity index is 1.83. The van der Waals surface area contributed by atoms with E-state index >= 15 is 0 Å². The van der Waals surface area contributed by atoms with E-state index in [-0.39, 0.29) is 24.4 Å². The molecule has 2 heterocycles. The van der Waals surface area contributed by atoms with E-state index in [1.54, 1.807) is 26.5 Å². The van der Waals surface area contributed by atoms with Crippen LogP contribution in [0.4, 0.5) is 0 Å². The fourth-order valence-electron chi connectivity index (χ4n) is 3.19. The zero-order chi connectivity index (χ0) is 20.8. The molecule has 0 spiro atoms. The van der Waals surface area contributed by atoms with Crippen LogP contribution in [-0.2, 0) is 14.3 Å². The lowest BCUT2D eigenvalue weighted by molar-refractivity contribution is -0.141. The zero-order valence-corrected chi connectivity index (χ0v) is 16.8. The molecule has 154 valence electrons. The molecule has 1 aliphatic rings. The highest BCUT2D eigenvalue weighted by atomic mass is 16.5. The largest absolute Gasteiger partial charge is 0.497 e. The normalized spacial score (nSPS) is 15.9. The molecule has 3 rings (SSSR count). The minimum Gasteiger partial charge on any atom is -0.497 e. The molecule has 0 N–H and O–H groups in total. The Hall–Kier alpha value is -3.13. The molecule has 1 aromatic carbocycles. The Labute approximate surface area is 169 Å². The number of hydrogen-bond acceptors (Lipinski definition) is 6. The monoisotopic (exact) mass is 399 g/mol. The van der Waals surface area contributed by atoms with Gasteiger partial charge in [-0.25, -0.2) is 5.01 Å². The Morgan fingerprint density at radius 3 is 2.59 bits per heavy atom.